The van der Waals surface area contributed by atoms with Crippen LogP contribution in [0, 0.1) is 5.92 Å². The van der Waals surface area contributed by atoms with Crippen LogP contribution in [0.2, 0.25) is 0 Å². The Morgan fingerprint density at radius 2 is 1.35 bits per heavy atom. The van der Waals surface area contributed by atoms with Crippen LogP contribution >= 0.6 is 0 Å². The predicted octanol–water partition coefficient (Wildman–Crippen LogP) is 11.7. The number of fused-ring (bicyclic) bond motifs is 1. The highest BCUT2D eigenvalue weighted by Crippen LogP contribution is 2.54. The van der Waals surface area contributed by atoms with Crippen LogP contribution < -0.4 is 9.80 Å². The van der Waals surface area contributed by atoms with E-state index in [0.717, 1.165) is 28.6 Å². The molecule has 0 saturated carbocycles. The molecule has 3 aliphatic carbocycles. The van der Waals surface area contributed by atoms with Gasteiger partial charge >= 0.3 is 0 Å². The summed E-state index contributed by atoms with van der Waals surface area (Å²) in [6.07, 6.45) is 17.6. The lowest BCUT2D eigenvalue weighted by molar-refractivity contribution is 0.582. The van der Waals surface area contributed by atoms with Crippen molar-refractivity contribution in [2.75, 3.05) is 9.80 Å². The van der Waals surface area contributed by atoms with Gasteiger partial charge in [-0.2, -0.15) is 0 Å². The second kappa shape index (κ2) is 13.1. The predicted molar refractivity (Wildman–Crippen MR) is 217 cm³/mol. The van der Waals surface area contributed by atoms with E-state index in [1.165, 1.54) is 44.3 Å². The maximum atomic E-state index is 4.95. The number of benzene rings is 4. The van der Waals surface area contributed by atoms with Crippen molar-refractivity contribution in [3.05, 3.63) is 205 Å². The Morgan fingerprint density at radius 3 is 2.12 bits per heavy atom. The number of nitrogens with zero attached hydrogens (tertiary/aromatic N) is 4. The van der Waals surface area contributed by atoms with Gasteiger partial charge in [0.25, 0.3) is 0 Å². The quantitative estimate of drug-likeness (QED) is 0.119. The molecule has 3 aliphatic rings. The molecule has 2 heterocycles. The largest absolute Gasteiger partial charge is 0.318 e. The van der Waals surface area contributed by atoms with Crippen molar-refractivity contribution in [1.82, 2.24) is 9.97 Å². The molecule has 2 aromatic heterocycles. The molecule has 9 rings (SSSR count). The van der Waals surface area contributed by atoms with Crippen molar-refractivity contribution in [1.29, 1.82) is 0 Å². The molecule has 0 aliphatic heterocycles. The highest BCUT2D eigenvalue weighted by atomic mass is 15.2. The molecule has 0 saturated heterocycles. The average molecular weight is 673 g/mol. The SMILES string of the molecule is C=C/C=C(\c1ccccc1)N(c1ccccn1)C1C=C(C)c2ccc3c4c2C1C=CC4C(C)C=C3N(c1ccccn1)c1cccc2ccccc12. The molecule has 0 bridgehead atoms. The van der Waals surface area contributed by atoms with Crippen molar-refractivity contribution in [3.8, 4) is 0 Å². The summed E-state index contributed by atoms with van der Waals surface area (Å²) in [4.78, 5) is 14.7. The van der Waals surface area contributed by atoms with Gasteiger partial charge in [0.1, 0.15) is 11.6 Å². The molecule has 0 amide bonds. The molecular weight excluding hydrogens is 633 g/mol. The third-order valence-electron chi connectivity index (χ3n) is 10.9. The number of pyridine rings is 2. The summed E-state index contributed by atoms with van der Waals surface area (Å²) in [5.41, 5.74) is 11.2. The van der Waals surface area contributed by atoms with Crippen molar-refractivity contribution >= 4 is 45.1 Å². The molecule has 0 N–H and O–H groups in total. The van der Waals surface area contributed by atoms with Crippen LogP contribution in [-0.2, 0) is 0 Å². The van der Waals surface area contributed by atoms with Gasteiger partial charge in [-0.05, 0) is 82.5 Å². The Labute approximate surface area is 306 Å². The average Bonchev–Trinajstić information content (AvgIpc) is 3.20. The Hall–Kier alpha value is -6.26. The van der Waals surface area contributed by atoms with Gasteiger partial charge in [-0.25, -0.2) is 9.97 Å². The molecule has 4 atom stereocenters. The van der Waals surface area contributed by atoms with Crippen LogP contribution in [0.15, 0.2) is 177 Å². The van der Waals surface area contributed by atoms with Crippen LogP contribution in [-0.4, -0.2) is 16.0 Å². The zero-order valence-corrected chi connectivity index (χ0v) is 29.5. The smallest absolute Gasteiger partial charge is 0.137 e. The first-order valence-corrected chi connectivity index (χ1v) is 18.2. The maximum Gasteiger partial charge on any atom is 0.137 e. The van der Waals surface area contributed by atoms with Gasteiger partial charge in [0.05, 0.1) is 23.1 Å². The molecule has 4 unspecified atom stereocenters. The Bertz CT molecular complexity index is 2420. The fourth-order valence-corrected chi connectivity index (χ4v) is 8.63. The Kier molecular flexibility index (Phi) is 8.01. The highest BCUT2D eigenvalue weighted by molar-refractivity contribution is 6.02. The Morgan fingerprint density at radius 1 is 0.673 bits per heavy atom. The summed E-state index contributed by atoms with van der Waals surface area (Å²) >= 11 is 0. The molecule has 0 fully saturated rings. The van der Waals surface area contributed by atoms with Gasteiger partial charge in [0.2, 0.25) is 0 Å². The first-order chi connectivity index (χ1) is 25.6. The summed E-state index contributed by atoms with van der Waals surface area (Å²) in [6, 6.07) is 42.9. The van der Waals surface area contributed by atoms with Gasteiger partial charge in [-0.1, -0.05) is 135 Å². The summed E-state index contributed by atoms with van der Waals surface area (Å²) < 4.78 is 0. The number of allylic oxidation sites excluding steroid dienone is 5. The van der Waals surface area contributed by atoms with E-state index in [9.17, 15) is 0 Å². The summed E-state index contributed by atoms with van der Waals surface area (Å²) in [5.74, 6) is 2.43. The van der Waals surface area contributed by atoms with Crippen LogP contribution in [0.4, 0.5) is 17.3 Å². The van der Waals surface area contributed by atoms with Crippen LogP contribution in [0.25, 0.3) is 27.7 Å². The first kappa shape index (κ1) is 31.7. The maximum absolute atomic E-state index is 4.95. The zero-order chi connectivity index (χ0) is 35.2. The van der Waals surface area contributed by atoms with Gasteiger partial charge in [0.15, 0.2) is 0 Å². The van der Waals surface area contributed by atoms with Crippen molar-refractivity contribution < 1.29 is 0 Å². The summed E-state index contributed by atoms with van der Waals surface area (Å²) in [7, 11) is 0. The number of hydrogen-bond donors (Lipinski definition) is 0. The molecule has 4 aromatic carbocycles. The van der Waals surface area contributed by atoms with Crippen LogP contribution in [0.1, 0.15) is 53.5 Å². The van der Waals surface area contributed by atoms with Crippen LogP contribution in [0.5, 0.6) is 0 Å². The second-order valence-electron chi connectivity index (χ2n) is 13.9. The normalized spacial score (nSPS) is 20.1. The third-order valence-corrected chi connectivity index (χ3v) is 10.9. The molecule has 252 valence electrons. The molecule has 52 heavy (non-hydrogen) atoms. The fourth-order valence-electron chi connectivity index (χ4n) is 8.63. The lowest BCUT2D eigenvalue weighted by Gasteiger charge is -2.45. The van der Waals surface area contributed by atoms with E-state index in [2.05, 4.69) is 170 Å². The van der Waals surface area contributed by atoms with E-state index in [0.29, 0.717) is 0 Å². The lowest BCUT2D eigenvalue weighted by Crippen LogP contribution is -2.41. The molecule has 4 nitrogen and oxygen atoms in total. The highest BCUT2D eigenvalue weighted by Gasteiger charge is 2.42. The molecule has 4 heteroatoms. The minimum absolute atomic E-state index is 0.0212. The minimum atomic E-state index is -0.0212. The molecule has 0 radical (unpaired) electrons. The van der Waals surface area contributed by atoms with Crippen molar-refractivity contribution in [2.45, 2.75) is 31.7 Å². The van der Waals surface area contributed by atoms with E-state index in [4.69, 9.17) is 9.97 Å². The van der Waals surface area contributed by atoms with E-state index in [1.807, 2.05) is 30.6 Å². The minimum Gasteiger partial charge on any atom is -0.318 e. The van der Waals surface area contributed by atoms with Gasteiger partial charge in [0, 0.05) is 35.2 Å². The van der Waals surface area contributed by atoms with Crippen LogP contribution in [0.3, 0.4) is 0 Å². The number of aromatic nitrogens is 2. The summed E-state index contributed by atoms with van der Waals surface area (Å²) in [5, 5.41) is 2.40. The van der Waals surface area contributed by atoms with Crippen molar-refractivity contribution in [2.24, 2.45) is 5.92 Å². The van der Waals surface area contributed by atoms with E-state index >= 15 is 0 Å². The fraction of sp³-hybridized carbons (Fsp3) is 0.125. The monoisotopic (exact) mass is 672 g/mol. The molecule has 0 spiro atoms. The first-order valence-electron chi connectivity index (χ1n) is 18.2. The zero-order valence-electron chi connectivity index (χ0n) is 29.5. The van der Waals surface area contributed by atoms with Gasteiger partial charge in [-0.3, -0.25) is 4.90 Å². The number of rotatable bonds is 8. The van der Waals surface area contributed by atoms with E-state index < -0.39 is 0 Å². The van der Waals surface area contributed by atoms with Gasteiger partial charge < -0.3 is 4.90 Å². The van der Waals surface area contributed by atoms with E-state index in [1.54, 1.807) is 0 Å². The molecule has 6 aromatic rings. The Balaban J connectivity index is 1.25. The molecular formula is C48H40N4. The van der Waals surface area contributed by atoms with Crippen molar-refractivity contribution in [3.63, 3.8) is 0 Å². The second-order valence-corrected chi connectivity index (χ2v) is 13.9. The van der Waals surface area contributed by atoms with Gasteiger partial charge in [-0.15, -0.1) is 0 Å². The standard InChI is InChI=1S/C48H40N4/c1-4-15-41(35-17-6-5-7-18-35)51(45-22-10-12-28-49-45)43-30-32(2)36-25-27-40-44(31-33(3)37-24-26-39(43)47(36)48(37)40)52(46-23-11-13-29-50-46)42-21-14-19-34-16-8-9-20-38(34)42/h4-31,33,37,39,43H,1H2,2-3H3/b41-15+. The number of hydrogen-bond acceptors (Lipinski definition) is 4. The topological polar surface area (TPSA) is 32.3 Å². The lowest BCUT2D eigenvalue weighted by atomic mass is 9.65. The third kappa shape index (κ3) is 5.22. The number of anilines is 3. The van der Waals surface area contributed by atoms with E-state index in [-0.39, 0.29) is 23.8 Å². The summed E-state index contributed by atoms with van der Waals surface area (Å²) in [6.45, 7) is 8.77.